The second kappa shape index (κ2) is 6.13. The van der Waals surface area contributed by atoms with Crippen molar-refractivity contribution in [3.05, 3.63) is 63.8 Å². The van der Waals surface area contributed by atoms with Gasteiger partial charge in [0.05, 0.1) is 16.2 Å². The van der Waals surface area contributed by atoms with E-state index in [0.29, 0.717) is 11.3 Å². The first-order chi connectivity index (χ1) is 11.4. The Balaban J connectivity index is 2.10. The van der Waals surface area contributed by atoms with Gasteiger partial charge in [0, 0.05) is 29.4 Å². The fourth-order valence-electron chi connectivity index (χ4n) is 2.59. The number of hydrogen-bond acceptors (Lipinski definition) is 5. The highest BCUT2D eigenvalue weighted by Crippen LogP contribution is 2.37. The molecule has 0 saturated carbocycles. The fourth-order valence-corrected chi connectivity index (χ4v) is 3.43. The van der Waals surface area contributed by atoms with Gasteiger partial charge in [0.1, 0.15) is 5.01 Å². The van der Waals surface area contributed by atoms with Crippen LogP contribution in [0.1, 0.15) is 26.3 Å². The van der Waals surface area contributed by atoms with Crippen molar-refractivity contribution in [1.82, 2.24) is 9.97 Å². The van der Waals surface area contributed by atoms with Crippen LogP contribution in [0, 0.1) is 10.1 Å². The van der Waals surface area contributed by atoms with Crippen molar-refractivity contribution in [3.8, 4) is 21.8 Å². The van der Waals surface area contributed by atoms with E-state index in [4.69, 9.17) is 0 Å². The van der Waals surface area contributed by atoms with Gasteiger partial charge in [0.25, 0.3) is 5.69 Å². The molecule has 2 heterocycles. The monoisotopic (exact) mass is 339 g/mol. The number of nitro groups is 1. The zero-order chi connectivity index (χ0) is 17.3. The van der Waals surface area contributed by atoms with E-state index in [1.54, 1.807) is 24.4 Å². The second-order valence-corrected chi connectivity index (χ2v) is 7.34. The van der Waals surface area contributed by atoms with Crippen LogP contribution in [-0.4, -0.2) is 14.9 Å². The zero-order valence-corrected chi connectivity index (χ0v) is 14.5. The third kappa shape index (κ3) is 3.05. The summed E-state index contributed by atoms with van der Waals surface area (Å²) >= 11 is 1.47. The Labute approximate surface area is 144 Å². The van der Waals surface area contributed by atoms with E-state index in [1.165, 1.54) is 17.4 Å². The van der Waals surface area contributed by atoms with Crippen LogP contribution in [0.25, 0.3) is 21.8 Å². The Hall–Kier alpha value is -2.60. The summed E-state index contributed by atoms with van der Waals surface area (Å²) in [6, 6.07) is 8.67. The van der Waals surface area contributed by atoms with Crippen molar-refractivity contribution in [3.63, 3.8) is 0 Å². The van der Waals surface area contributed by atoms with Gasteiger partial charge in [-0.15, -0.1) is 11.3 Å². The molecule has 2 aromatic heterocycles. The highest BCUT2D eigenvalue weighted by molar-refractivity contribution is 7.13. The Morgan fingerprint density at radius 3 is 2.58 bits per heavy atom. The Bertz CT molecular complexity index is 897. The first-order valence-electron chi connectivity index (χ1n) is 7.52. The largest absolute Gasteiger partial charge is 0.278 e. The van der Waals surface area contributed by atoms with Crippen molar-refractivity contribution in [1.29, 1.82) is 0 Å². The Morgan fingerprint density at radius 2 is 1.88 bits per heavy atom. The maximum atomic E-state index is 11.2. The number of rotatable bonds is 3. The molecule has 0 amide bonds. The highest BCUT2D eigenvalue weighted by atomic mass is 32.1. The molecule has 0 N–H and O–H groups in total. The number of aromatic nitrogens is 2. The molecule has 0 aliphatic heterocycles. The quantitative estimate of drug-likeness (QED) is 0.493. The number of para-hydroxylation sites is 1. The van der Waals surface area contributed by atoms with E-state index in [9.17, 15) is 10.1 Å². The lowest BCUT2D eigenvalue weighted by molar-refractivity contribution is -0.384. The van der Waals surface area contributed by atoms with E-state index in [0.717, 1.165) is 16.1 Å². The first kappa shape index (κ1) is 16.3. The van der Waals surface area contributed by atoms with Crippen LogP contribution in [0.15, 0.2) is 48.1 Å². The van der Waals surface area contributed by atoms with E-state index >= 15 is 0 Å². The lowest BCUT2D eigenvalue weighted by Gasteiger charge is -2.21. The van der Waals surface area contributed by atoms with Gasteiger partial charge in [-0.3, -0.25) is 15.1 Å². The van der Waals surface area contributed by atoms with E-state index in [2.05, 4.69) is 30.7 Å². The van der Waals surface area contributed by atoms with Crippen LogP contribution in [-0.2, 0) is 5.41 Å². The van der Waals surface area contributed by atoms with Crippen molar-refractivity contribution in [2.75, 3.05) is 0 Å². The number of pyridine rings is 1. The van der Waals surface area contributed by atoms with Crippen LogP contribution >= 0.6 is 11.3 Å². The molecular formula is C18H17N3O2S. The van der Waals surface area contributed by atoms with E-state index < -0.39 is 0 Å². The van der Waals surface area contributed by atoms with Gasteiger partial charge in [-0.05, 0) is 23.1 Å². The molecule has 0 unspecified atom stereocenters. The molecule has 0 atom stereocenters. The molecule has 1 aromatic carbocycles. The number of benzene rings is 1. The molecule has 5 nitrogen and oxygen atoms in total. The van der Waals surface area contributed by atoms with Crippen LogP contribution in [0.3, 0.4) is 0 Å². The minimum absolute atomic E-state index is 0.0388. The van der Waals surface area contributed by atoms with Crippen LogP contribution in [0.5, 0.6) is 0 Å². The molecule has 0 aliphatic rings. The standard InChI is InChI=1S/C18H17N3O2S/c1-18(2,3)14-8-9-19-10-13(14)17-20-15(11-24-17)12-6-4-5-7-16(12)21(22)23/h4-11H,1-3H3. The van der Waals surface area contributed by atoms with Gasteiger partial charge in [-0.1, -0.05) is 32.9 Å². The van der Waals surface area contributed by atoms with E-state index in [-0.39, 0.29) is 16.0 Å². The maximum Gasteiger partial charge on any atom is 0.278 e. The molecule has 122 valence electrons. The Kier molecular flexibility index (Phi) is 4.15. The number of nitrogens with zero attached hydrogens (tertiary/aromatic N) is 3. The molecule has 0 fully saturated rings. The van der Waals surface area contributed by atoms with Gasteiger partial charge >= 0.3 is 0 Å². The summed E-state index contributed by atoms with van der Waals surface area (Å²) in [5.74, 6) is 0. The van der Waals surface area contributed by atoms with Crippen LogP contribution in [0.2, 0.25) is 0 Å². The molecule has 0 aliphatic carbocycles. The van der Waals surface area contributed by atoms with Crippen molar-refractivity contribution in [2.24, 2.45) is 0 Å². The van der Waals surface area contributed by atoms with Crippen LogP contribution in [0.4, 0.5) is 5.69 Å². The zero-order valence-electron chi connectivity index (χ0n) is 13.7. The predicted molar refractivity (Wildman–Crippen MR) is 96.1 cm³/mol. The van der Waals surface area contributed by atoms with Gasteiger partial charge in [-0.25, -0.2) is 4.98 Å². The summed E-state index contributed by atoms with van der Waals surface area (Å²) < 4.78 is 0. The summed E-state index contributed by atoms with van der Waals surface area (Å²) in [6.45, 7) is 6.42. The smallest absolute Gasteiger partial charge is 0.264 e. The Morgan fingerprint density at radius 1 is 1.12 bits per heavy atom. The fraction of sp³-hybridized carbons (Fsp3) is 0.222. The number of hydrogen-bond donors (Lipinski definition) is 0. The molecule has 0 bridgehead atoms. The minimum atomic E-state index is -0.376. The average molecular weight is 339 g/mol. The molecule has 3 rings (SSSR count). The van der Waals surface area contributed by atoms with Crippen molar-refractivity contribution >= 4 is 17.0 Å². The summed E-state index contributed by atoms with van der Waals surface area (Å²) in [5, 5.41) is 13.9. The van der Waals surface area contributed by atoms with Crippen molar-refractivity contribution in [2.45, 2.75) is 26.2 Å². The minimum Gasteiger partial charge on any atom is -0.264 e. The summed E-state index contributed by atoms with van der Waals surface area (Å²) in [5.41, 5.74) is 3.30. The second-order valence-electron chi connectivity index (χ2n) is 6.48. The summed E-state index contributed by atoms with van der Waals surface area (Å²) in [7, 11) is 0. The summed E-state index contributed by atoms with van der Waals surface area (Å²) in [4.78, 5) is 19.7. The van der Waals surface area contributed by atoms with Crippen LogP contribution < -0.4 is 0 Å². The van der Waals surface area contributed by atoms with Gasteiger partial charge in [0.2, 0.25) is 0 Å². The topological polar surface area (TPSA) is 68.9 Å². The average Bonchev–Trinajstić information content (AvgIpc) is 3.04. The lowest BCUT2D eigenvalue weighted by Crippen LogP contribution is -2.12. The first-order valence-corrected chi connectivity index (χ1v) is 8.40. The number of nitro benzene ring substituents is 1. The van der Waals surface area contributed by atoms with Crippen molar-refractivity contribution < 1.29 is 4.92 Å². The molecular weight excluding hydrogens is 322 g/mol. The predicted octanol–water partition coefficient (Wildman–Crippen LogP) is 5.08. The SMILES string of the molecule is CC(C)(C)c1ccncc1-c1nc(-c2ccccc2[N+](=O)[O-])cs1. The third-order valence-electron chi connectivity index (χ3n) is 3.74. The lowest BCUT2D eigenvalue weighted by atomic mass is 9.85. The molecule has 3 aromatic rings. The van der Waals surface area contributed by atoms with E-state index in [1.807, 2.05) is 17.6 Å². The normalized spacial score (nSPS) is 11.5. The molecule has 6 heteroatoms. The third-order valence-corrected chi connectivity index (χ3v) is 4.62. The molecule has 0 saturated heterocycles. The number of thiazole rings is 1. The van der Waals surface area contributed by atoms with Gasteiger partial charge in [-0.2, -0.15) is 0 Å². The molecule has 0 radical (unpaired) electrons. The summed E-state index contributed by atoms with van der Waals surface area (Å²) in [6.07, 6.45) is 3.59. The maximum absolute atomic E-state index is 11.2. The van der Waals surface area contributed by atoms with Gasteiger partial charge < -0.3 is 0 Å². The molecule has 0 spiro atoms. The van der Waals surface area contributed by atoms with Gasteiger partial charge in [0.15, 0.2) is 0 Å². The molecule has 24 heavy (non-hydrogen) atoms. The highest BCUT2D eigenvalue weighted by Gasteiger charge is 2.22.